The number of carbonyl (C=O) groups excluding carboxylic acids is 1. The van der Waals surface area contributed by atoms with Gasteiger partial charge < -0.3 is 4.74 Å². The van der Waals surface area contributed by atoms with Crippen LogP contribution in [0.25, 0.3) is 11.1 Å². The maximum absolute atomic E-state index is 12.1. The summed E-state index contributed by atoms with van der Waals surface area (Å²) in [5.74, 6) is 0.124. The molecule has 3 aromatic rings. The van der Waals surface area contributed by atoms with Crippen LogP contribution >= 0.6 is 0 Å². The average molecular weight is 313 g/mol. The van der Waals surface area contributed by atoms with E-state index in [1.54, 1.807) is 36.4 Å². The van der Waals surface area contributed by atoms with Gasteiger partial charge in [0.1, 0.15) is 5.75 Å². The van der Waals surface area contributed by atoms with Crippen molar-refractivity contribution in [3.63, 3.8) is 0 Å². The van der Waals surface area contributed by atoms with Crippen molar-refractivity contribution >= 4 is 5.97 Å². The summed E-state index contributed by atoms with van der Waals surface area (Å²) in [4.78, 5) is 12.1. The topological polar surface area (TPSA) is 50.1 Å². The Labute approximate surface area is 140 Å². The van der Waals surface area contributed by atoms with Crippen molar-refractivity contribution in [2.75, 3.05) is 0 Å². The summed E-state index contributed by atoms with van der Waals surface area (Å²) in [7, 11) is 0. The number of esters is 1. The van der Waals surface area contributed by atoms with E-state index in [0.29, 0.717) is 16.9 Å². The summed E-state index contributed by atoms with van der Waals surface area (Å²) in [6.07, 6.45) is 0. The molecule has 0 aromatic heterocycles. The number of nitrogens with zero attached hydrogens (tertiary/aromatic N) is 1. The summed E-state index contributed by atoms with van der Waals surface area (Å²) >= 11 is 0. The van der Waals surface area contributed by atoms with Gasteiger partial charge in [-0.05, 0) is 54.4 Å². The highest BCUT2D eigenvalue weighted by atomic mass is 16.5. The van der Waals surface area contributed by atoms with Crippen LogP contribution in [0.5, 0.6) is 5.75 Å². The molecule has 0 spiro atoms. The molecule has 0 aliphatic carbocycles. The van der Waals surface area contributed by atoms with E-state index in [-0.39, 0.29) is 5.97 Å². The summed E-state index contributed by atoms with van der Waals surface area (Å²) in [5, 5.41) is 8.83. The third-order valence-electron chi connectivity index (χ3n) is 3.70. The Morgan fingerprint density at radius 3 is 1.92 bits per heavy atom. The van der Waals surface area contributed by atoms with Crippen LogP contribution in [0.2, 0.25) is 0 Å². The highest BCUT2D eigenvalue weighted by Crippen LogP contribution is 2.23. The van der Waals surface area contributed by atoms with E-state index in [2.05, 4.69) is 6.07 Å². The lowest BCUT2D eigenvalue weighted by Crippen LogP contribution is -2.08. The van der Waals surface area contributed by atoms with E-state index < -0.39 is 0 Å². The van der Waals surface area contributed by atoms with E-state index in [9.17, 15) is 4.79 Å². The summed E-state index contributed by atoms with van der Waals surface area (Å²) < 4.78 is 5.39. The Kier molecular flexibility index (Phi) is 4.40. The molecule has 0 heterocycles. The average Bonchev–Trinajstić information content (AvgIpc) is 2.63. The van der Waals surface area contributed by atoms with E-state index in [1.807, 2.05) is 43.3 Å². The van der Waals surface area contributed by atoms with Gasteiger partial charge in [-0.1, -0.05) is 42.0 Å². The molecule has 3 aromatic carbocycles. The summed E-state index contributed by atoms with van der Waals surface area (Å²) in [6.45, 7) is 1.97. The summed E-state index contributed by atoms with van der Waals surface area (Å²) in [6, 6.07) is 24.0. The van der Waals surface area contributed by atoms with Gasteiger partial charge in [0.2, 0.25) is 0 Å². The van der Waals surface area contributed by atoms with E-state index in [1.165, 1.54) is 0 Å². The van der Waals surface area contributed by atoms with Crippen molar-refractivity contribution in [3.8, 4) is 22.9 Å². The molecule has 3 heteroatoms. The zero-order chi connectivity index (χ0) is 16.9. The van der Waals surface area contributed by atoms with Gasteiger partial charge in [-0.15, -0.1) is 0 Å². The Bertz CT molecular complexity index is 887. The minimum Gasteiger partial charge on any atom is -0.423 e. The molecule has 0 unspecified atom stereocenters. The van der Waals surface area contributed by atoms with Crippen molar-refractivity contribution in [1.29, 1.82) is 5.26 Å². The Hall–Kier alpha value is -3.38. The molecule has 24 heavy (non-hydrogen) atoms. The molecule has 3 rings (SSSR count). The zero-order valence-electron chi connectivity index (χ0n) is 13.2. The van der Waals surface area contributed by atoms with Crippen LogP contribution in [-0.4, -0.2) is 5.97 Å². The molecule has 116 valence electrons. The highest BCUT2D eigenvalue weighted by Gasteiger charge is 2.08. The number of benzene rings is 3. The largest absolute Gasteiger partial charge is 0.423 e. The SMILES string of the molecule is Cc1ccc(C(=O)Oc2ccc(-c3ccc(C#N)cc3)cc2)cc1. The fourth-order valence-corrected chi connectivity index (χ4v) is 2.31. The fraction of sp³-hybridized carbons (Fsp3) is 0.0476. The highest BCUT2D eigenvalue weighted by molar-refractivity contribution is 5.91. The van der Waals surface area contributed by atoms with Gasteiger partial charge in [0.15, 0.2) is 0 Å². The number of carbonyl (C=O) groups is 1. The second-order valence-electron chi connectivity index (χ2n) is 5.47. The zero-order valence-corrected chi connectivity index (χ0v) is 13.2. The van der Waals surface area contributed by atoms with Crippen molar-refractivity contribution in [2.45, 2.75) is 6.92 Å². The molecular weight excluding hydrogens is 298 g/mol. The third-order valence-corrected chi connectivity index (χ3v) is 3.70. The van der Waals surface area contributed by atoms with Gasteiger partial charge in [0, 0.05) is 0 Å². The van der Waals surface area contributed by atoms with Crippen molar-refractivity contribution in [1.82, 2.24) is 0 Å². The maximum Gasteiger partial charge on any atom is 0.343 e. The third kappa shape index (κ3) is 3.50. The Morgan fingerprint density at radius 1 is 0.833 bits per heavy atom. The fourth-order valence-electron chi connectivity index (χ4n) is 2.31. The van der Waals surface area contributed by atoms with Gasteiger partial charge >= 0.3 is 5.97 Å². The van der Waals surface area contributed by atoms with Crippen LogP contribution in [0.4, 0.5) is 0 Å². The van der Waals surface area contributed by atoms with Crippen molar-refractivity contribution < 1.29 is 9.53 Å². The molecule has 0 aliphatic heterocycles. The standard InChI is InChI=1S/C21H15NO2/c1-15-2-6-19(7-3-15)21(23)24-20-12-10-18(11-13-20)17-8-4-16(14-22)5-9-17/h2-13H,1H3. The number of rotatable bonds is 3. The number of hydrogen-bond acceptors (Lipinski definition) is 3. The predicted molar refractivity (Wildman–Crippen MR) is 92.7 cm³/mol. The smallest absolute Gasteiger partial charge is 0.343 e. The molecule has 0 atom stereocenters. The van der Waals surface area contributed by atoms with Crippen LogP contribution < -0.4 is 4.74 Å². The van der Waals surface area contributed by atoms with E-state index >= 15 is 0 Å². The lowest BCUT2D eigenvalue weighted by Gasteiger charge is -2.06. The van der Waals surface area contributed by atoms with Gasteiger partial charge in [0.05, 0.1) is 17.2 Å². The van der Waals surface area contributed by atoms with E-state index in [0.717, 1.165) is 16.7 Å². The van der Waals surface area contributed by atoms with Crippen LogP contribution in [0, 0.1) is 18.3 Å². The quantitative estimate of drug-likeness (QED) is 0.518. The molecule has 0 saturated heterocycles. The van der Waals surface area contributed by atoms with Crippen LogP contribution in [0.1, 0.15) is 21.5 Å². The first-order chi connectivity index (χ1) is 11.7. The normalized spacial score (nSPS) is 10.0. The molecule has 0 saturated carbocycles. The Balaban J connectivity index is 1.73. The number of aryl methyl sites for hydroxylation is 1. The molecule has 0 aliphatic rings. The molecule has 0 amide bonds. The molecule has 0 N–H and O–H groups in total. The number of hydrogen-bond donors (Lipinski definition) is 0. The Morgan fingerprint density at radius 2 is 1.38 bits per heavy atom. The molecular formula is C21H15NO2. The second kappa shape index (κ2) is 6.80. The van der Waals surface area contributed by atoms with Crippen molar-refractivity contribution in [2.24, 2.45) is 0 Å². The maximum atomic E-state index is 12.1. The number of ether oxygens (including phenoxy) is 1. The van der Waals surface area contributed by atoms with Crippen LogP contribution in [-0.2, 0) is 0 Å². The minimum absolute atomic E-state index is 0.374. The number of nitriles is 1. The first kappa shape index (κ1) is 15.5. The predicted octanol–water partition coefficient (Wildman–Crippen LogP) is 4.75. The van der Waals surface area contributed by atoms with E-state index in [4.69, 9.17) is 10.00 Å². The first-order valence-corrected chi connectivity index (χ1v) is 7.55. The van der Waals surface area contributed by atoms with Crippen LogP contribution in [0.3, 0.4) is 0 Å². The summed E-state index contributed by atoms with van der Waals surface area (Å²) in [5.41, 5.74) is 4.25. The van der Waals surface area contributed by atoms with Gasteiger partial charge in [-0.3, -0.25) is 0 Å². The molecule has 0 radical (unpaired) electrons. The van der Waals surface area contributed by atoms with Gasteiger partial charge in [-0.25, -0.2) is 4.79 Å². The lowest BCUT2D eigenvalue weighted by atomic mass is 10.0. The van der Waals surface area contributed by atoms with Crippen LogP contribution in [0.15, 0.2) is 72.8 Å². The van der Waals surface area contributed by atoms with Crippen molar-refractivity contribution in [3.05, 3.63) is 89.5 Å². The molecule has 3 nitrogen and oxygen atoms in total. The monoisotopic (exact) mass is 313 g/mol. The second-order valence-corrected chi connectivity index (χ2v) is 5.47. The molecule has 0 bridgehead atoms. The minimum atomic E-state index is -0.374. The first-order valence-electron chi connectivity index (χ1n) is 7.55. The molecule has 0 fully saturated rings. The lowest BCUT2D eigenvalue weighted by molar-refractivity contribution is 0.0735. The van der Waals surface area contributed by atoms with Gasteiger partial charge in [0.25, 0.3) is 0 Å². The van der Waals surface area contributed by atoms with Gasteiger partial charge in [-0.2, -0.15) is 5.26 Å².